The summed E-state index contributed by atoms with van der Waals surface area (Å²) in [5.41, 5.74) is 0.903. The molecule has 1 aromatic rings. The van der Waals surface area contributed by atoms with E-state index in [9.17, 15) is 14.6 Å². The van der Waals surface area contributed by atoms with Crippen LogP contribution in [0.3, 0.4) is 0 Å². The minimum atomic E-state index is -1.27. The monoisotopic (exact) mass is 218 g/mol. The van der Waals surface area contributed by atoms with Gasteiger partial charge >= 0.3 is 0 Å². The van der Waals surface area contributed by atoms with Crippen molar-refractivity contribution in [2.24, 2.45) is 0 Å². The molecule has 1 aromatic carbocycles. The molecule has 4 heteroatoms. The Labute approximate surface area is 86.9 Å². The van der Waals surface area contributed by atoms with Crippen molar-refractivity contribution in [3.05, 3.63) is 35.1 Å². The highest BCUT2D eigenvalue weighted by molar-refractivity contribution is 6.18. The molecule has 2 atom stereocenters. The summed E-state index contributed by atoms with van der Waals surface area (Å²) in [7, 11) is 0. The average molecular weight is 219 g/mol. The minimum Gasteiger partial charge on any atom is -0.389 e. The lowest BCUT2D eigenvalue weighted by atomic mass is 10.0. The molecule has 0 bridgehead atoms. The summed E-state index contributed by atoms with van der Waals surface area (Å²) in [5.74, 6) is -0.665. The molecular weight excluding hydrogens is 207 g/mol. The van der Waals surface area contributed by atoms with Gasteiger partial charge in [0.2, 0.25) is 0 Å². The number of benzene rings is 1. The summed E-state index contributed by atoms with van der Waals surface area (Å²) in [4.78, 5) is 0. The van der Waals surface area contributed by atoms with E-state index in [2.05, 4.69) is 0 Å². The van der Waals surface area contributed by atoms with Crippen molar-refractivity contribution < 1.29 is 14.6 Å². The Hall–Kier alpha value is -0.640. The fraction of sp³-hybridized carbons (Fsp3) is 0.400. The molecule has 0 spiro atoms. The largest absolute Gasteiger partial charge is 0.389 e. The molecule has 0 heterocycles. The number of aryl methyl sites for hydroxylation is 1. The molecule has 0 saturated carbocycles. The second-order valence-corrected chi connectivity index (χ2v) is 3.50. The van der Waals surface area contributed by atoms with Crippen LogP contribution in [0.2, 0.25) is 0 Å². The van der Waals surface area contributed by atoms with E-state index in [0.717, 1.165) is 5.56 Å². The molecule has 1 rings (SSSR count). The van der Waals surface area contributed by atoms with Gasteiger partial charge in [0.25, 0.3) is 0 Å². The van der Waals surface area contributed by atoms with E-state index in [0.29, 0.717) is 0 Å². The summed E-state index contributed by atoms with van der Waals surface area (Å²) in [6.07, 6.45) is -2.42. The molecule has 0 fully saturated rings. The van der Waals surface area contributed by atoms with Gasteiger partial charge in [0, 0.05) is 5.56 Å². The molecule has 14 heavy (non-hydrogen) atoms. The topological polar surface area (TPSA) is 40.5 Å². The SMILES string of the molecule is Cc1ccc(F)c(C(O)C(O)CCl)c1. The van der Waals surface area contributed by atoms with Gasteiger partial charge in [-0.05, 0) is 13.0 Å². The predicted octanol–water partition coefficient (Wildman–Crippen LogP) is 1.77. The second-order valence-electron chi connectivity index (χ2n) is 3.19. The molecule has 0 aliphatic carbocycles. The van der Waals surface area contributed by atoms with Crippen LogP contribution in [0, 0.1) is 12.7 Å². The number of hydrogen-bond acceptors (Lipinski definition) is 2. The fourth-order valence-corrected chi connectivity index (χ4v) is 1.35. The number of rotatable bonds is 3. The maximum atomic E-state index is 13.2. The summed E-state index contributed by atoms with van der Waals surface area (Å²) >= 11 is 5.36. The van der Waals surface area contributed by atoms with Gasteiger partial charge < -0.3 is 10.2 Å². The third-order valence-electron chi connectivity index (χ3n) is 1.99. The maximum Gasteiger partial charge on any atom is 0.129 e. The summed E-state index contributed by atoms with van der Waals surface area (Å²) in [6, 6.07) is 4.35. The number of aliphatic hydroxyl groups is 2. The zero-order valence-corrected chi connectivity index (χ0v) is 8.50. The Kier molecular flexibility index (Phi) is 3.86. The van der Waals surface area contributed by atoms with E-state index in [-0.39, 0.29) is 11.4 Å². The van der Waals surface area contributed by atoms with Crippen LogP contribution in [0.15, 0.2) is 18.2 Å². The first kappa shape index (κ1) is 11.4. The van der Waals surface area contributed by atoms with Crippen molar-refractivity contribution in [3.63, 3.8) is 0 Å². The van der Waals surface area contributed by atoms with Crippen LogP contribution in [0.4, 0.5) is 4.39 Å². The Bertz CT molecular complexity index is 317. The van der Waals surface area contributed by atoms with Crippen molar-refractivity contribution in [3.8, 4) is 0 Å². The van der Waals surface area contributed by atoms with Crippen molar-refractivity contribution in [2.45, 2.75) is 19.1 Å². The molecule has 0 amide bonds. The number of alkyl halides is 1. The van der Waals surface area contributed by atoms with E-state index >= 15 is 0 Å². The van der Waals surface area contributed by atoms with Crippen LogP contribution >= 0.6 is 11.6 Å². The molecule has 2 unspecified atom stereocenters. The zero-order chi connectivity index (χ0) is 10.7. The molecule has 2 nitrogen and oxygen atoms in total. The van der Waals surface area contributed by atoms with E-state index in [1.54, 1.807) is 13.0 Å². The quantitative estimate of drug-likeness (QED) is 0.760. The van der Waals surface area contributed by atoms with Gasteiger partial charge in [0.15, 0.2) is 0 Å². The minimum absolute atomic E-state index is 0.0816. The van der Waals surface area contributed by atoms with Crippen molar-refractivity contribution in [2.75, 3.05) is 5.88 Å². The van der Waals surface area contributed by atoms with Crippen LogP contribution in [-0.4, -0.2) is 22.2 Å². The Balaban J connectivity index is 2.99. The number of aliphatic hydroxyl groups excluding tert-OH is 2. The van der Waals surface area contributed by atoms with E-state index in [4.69, 9.17) is 11.6 Å². The highest BCUT2D eigenvalue weighted by Crippen LogP contribution is 2.21. The molecule has 0 saturated heterocycles. The van der Waals surface area contributed by atoms with Crippen LogP contribution in [-0.2, 0) is 0 Å². The first-order valence-corrected chi connectivity index (χ1v) is 4.78. The maximum absolute atomic E-state index is 13.2. The summed E-state index contributed by atoms with van der Waals surface area (Å²) < 4.78 is 13.2. The van der Waals surface area contributed by atoms with Gasteiger partial charge in [-0.15, -0.1) is 11.6 Å². The first-order valence-electron chi connectivity index (χ1n) is 4.24. The number of hydrogen-bond donors (Lipinski definition) is 2. The van der Waals surface area contributed by atoms with Gasteiger partial charge in [-0.25, -0.2) is 4.39 Å². The first-order chi connectivity index (χ1) is 6.56. The standard InChI is InChI=1S/C10H12ClFO2/c1-6-2-3-8(12)7(4-6)10(14)9(13)5-11/h2-4,9-10,13-14H,5H2,1H3. The Morgan fingerprint density at radius 3 is 2.64 bits per heavy atom. The Morgan fingerprint density at radius 2 is 2.07 bits per heavy atom. The van der Waals surface area contributed by atoms with Gasteiger partial charge in [0.1, 0.15) is 11.9 Å². The van der Waals surface area contributed by atoms with Gasteiger partial charge in [-0.2, -0.15) is 0 Å². The third-order valence-corrected chi connectivity index (χ3v) is 2.31. The molecule has 0 aromatic heterocycles. The molecule has 0 aliphatic heterocycles. The average Bonchev–Trinajstić information content (AvgIpc) is 2.19. The predicted molar refractivity (Wildman–Crippen MR) is 52.8 cm³/mol. The van der Waals surface area contributed by atoms with E-state index in [1.165, 1.54) is 12.1 Å². The highest BCUT2D eigenvalue weighted by Gasteiger charge is 2.20. The van der Waals surface area contributed by atoms with Crippen LogP contribution in [0.1, 0.15) is 17.2 Å². The molecular formula is C10H12ClFO2. The normalized spacial score (nSPS) is 15.2. The van der Waals surface area contributed by atoms with Crippen LogP contribution in [0.25, 0.3) is 0 Å². The summed E-state index contributed by atoms with van der Waals surface area (Å²) in [6.45, 7) is 1.78. The Morgan fingerprint density at radius 1 is 1.43 bits per heavy atom. The van der Waals surface area contributed by atoms with Crippen molar-refractivity contribution in [1.82, 2.24) is 0 Å². The smallest absolute Gasteiger partial charge is 0.129 e. The summed E-state index contributed by atoms with van der Waals surface area (Å²) in [5, 5.41) is 18.8. The number of halogens is 2. The third kappa shape index (κ3) is 2.44. The van der Waals surface area contributed by atoms with Crippen LogP contribution in [0.5, 0.6) is 0 Å². The molecule has 0 radical (unpaired) electrons. The van der Waals surface area contributed by atoms with Crippen molar-refractivity contribution in [1.29, 1.82) is 0 Å². The zero-order valence-electron chi connectivity index (χ0n) is 7.74. The van der Waals surface area contributed by atoms with Gasteiger partial charge in [0.05, 0.1) is 12.0 Å². The lowest BCUT2D eigenvalue weighted by Gasteiger charge is -2.16. The van der Waals surface area contributed by atoms with E-state index < -0.39 is 18.0 Å². The molecule has 78 valence electrons. The van der Waals surface area contributed by atoms with Gasteiger partial charge in [-0.3, -0.25) is 0 Å². The van der Waals surface area contributed by atoms with Crippen LogP contribution < -0.4 is 0 Å². The highest BCUT2D eigenvalue weighted by atomic mass is 35.5. The second kappa shape index (κ2) is 4.73. The lowest BCUT2D eigenvalue weighted by Crippen LogP contribution is -2.20. The van der Waals surface area contributed by atoms with E-state index in [1.807, 2.05) is 0 Å². The lowest BCUT2D eigenvalue weighted by molar-refractivity contribution is 0.0304. The fourth-order valence-electron chi connectivity index (χ4n) is 1.18. The molecule has 0 aliphatic rings. The molecule has 2 N–H and O–H groups in total. The van der Waals surface area contributed by atoms with Gasteiger partial charge in [-0.1, -0.05) is 17.7 Å². The van der Waals surface area contributed by atoms with Crippen molar-refractivity contribution >= 4 is 11.6 Å².